The maximum Gasteiger partial charge on any atom is 0.234 e. The van der Waals surface area contributed by atoms with Crippen LogP contribution in [0, 0.1) is 18.3 Å². The Kier molecular flexibility index (Phi) is 3.12. The van der Waals surface area contributed by atoms with Crippen LogP contribution in [0.15, 0.2) is 35.9 Å². The highest BCUT2D eigenvalue weighted by Crippen LogP contribution is 2.55. The molecule has 0 saturated heterocycles. The van der Waals surface area contributed by atoms with Gasteiger partial charge in [0.2, 0.25) is 11.6 Å². The number of hydrogen-bond acceptors (Lipinski definition) is 2. The van der Waals surface area contributed by atoms with E-state index in [4.69, 9.17) is 0 Å². The highest BCUT2D eigenvalue weighted by molar-refractivity contribution is 6.54. The van der Waals surface area contributed by atoms with Crippen molar-refractivity contribution in [2.75, 3.05) is 0 Å². The number of benzene rings is 2. The molecule has 0 radical (unpaired) electrons. The molecule has 2 atom stereocenters. The normalized spacial score (nSPS) is 26.1. The molecule has 0 saturated carbocycles. The molecule has 4 rings (SSSR count). The molecule has 2 aliphatic carbocycles. The Morgan fingerprint density at radius 2 is 1.88 bits per heavy atom. The predicted octanol–water partition coefficient (Wildman–Crippen LogP) is 5.12. The fourth-order valence-electron chi connectivity index (χ4n) is 4.67. The summed E-state index contributed by atoms with van der Waals surface area (Å²) in [4.78, 5) is 26.1. The fraction of sp³-hybridized carbons (Fsp3) is 0.364. The average Bonchev–Trinajstić information content (AvgIpc) is 2.84. The molecule has 122 valence electrons. The van der Waals surface area contributed by atoms with Crippen molar-refractivity contribution >= 4 is 27.9 Å². The lowest BCUT2D eigenvalue weighted by Crippen LogP contribution is -2.32. The number of rotatable bonds is 1. The van der Waals surface area contributed by atoms with Gasteiger partial charge in [0.05, 0.1) is 0 Å². The molecule has 0 fully saturated rings. The van der Waals surface area contributed by atoms with Crippen LogP contribution >= 0.6 is 0 Å². The molecular weight excluding hydrogens is 296 g/mol. The minimum Gasteiger partial charge on any atom is -0.285 e. The maximum absolute atomic E-state index is 13.1. The number of fused-ring (bicyclic) bond motifs is 4. The fourth-order valence-corrected chi connectivity index (χ4v) is 4.67. The van der Waals surface area contributed by atoms with Gasteiger partial charge in [0.1, 0.15) is 0 Å². The standard InChI is InChI=1S/C22H22O2/c1-5-22(4)13(3)11-16-15-10-9-14-8-6-7-12(2)17(14)18(15)20(23)21(24)19(16)22/h6-10,13H,5,11H2,1-4H3. The molecule has 2 aromatic rings. The summed E-state index contributed by atoms with van der Waals surface area (Å²) in [6.45, 7) is 8.47. The van der Waals surface area contributed by atoms with Gasteiger partial charge in [-0.15, -0.1) is 0 Å². The van der Waals surface area contributed by atoms with E-state index in [2.05, 4.69) is 26.8 Å². The van der Waals surface area contributed by atoms with E-state index in [0.29, 0.717) is 11.5 Å². The quantitative estimate of drug-likeness (QED) is 0.684. The number of carbonyl (C=O) groups excluding carboxylic acids is 2. The lowest BCUT2D eigenvalue weighted by molar-refractivity contribution is -0.113. The Labute approximate surface area is 142 Å². The van der Waals surface area contributed by atoms with Gasteiger partial charge in [0, 0.05) is 11.1 Å². The summed E-state index contributed by atoms with van der Waals surface area (Å²) in [5, 5.41) is 1.97. The lowest BCUT2D eigenvalue weighted by atomic mass is 9.70. The molecule has 0 heterocycles. The van der Waals surface area contributed by atoms with Gasteiger partial charge in [-0.05, 0) is 58.6 Å². The van der Waals surface area contributed by atoms with Gasteiger partial charge in [-0.25, -0.2) is 0 Å². The molecule has 2 aliphatic rings. The summed E-state index contributed by atoms with van der Waals surface area (Å²) in [5.74, 6) is -0.220. The Bertz CT molecular complexity index is 948. The Morgan fingerprint density at radius 3 is 2.58 bits per heavy atom. The third-order valence-corrected chi connectivity index (χ3v) is 6.44. The first-order valence-corrected chi connectivity index (χ1v) is 8.75. The summed E-state index contributed by atoms with van der Waals surface area (Å²) in [6.07, 6.45) is 1.76. The number of aryl methyl sites for hydroxylation is 1. The molecule has 2 unspecified atom stereocenters. The van der Waals surface area contributed by atoms with Gasteiger partial charge in [-0.2, -0.15) is 0 Å². The van der Waals surface area contributed by atoms with Crippen molar-refractivity contribution in [2.24, 2.45) is 11.3 Å². The summed E-state index contributed by atoms with van der Waals surface area (Å²) in [7, 11) is 0. The average molecular weight is 318 g/mol. The van der Waals surface area contributed by atoms with E-state index in [-0.39, 0.29) is 17.0 Å². The van der Waals surface area contributed by atoms with Crippen molar-refractivity contribution in [2.45, 2.75) is 40.5 Å². The van der Waals surface area contributed by atoms with Gasteiger partial charge in [0.15, 0.2) is 0 Å². The van der Waals surface area contributed by atoms with Gasteiger partial charge in [-0.3, -0.25) is 9.59 Å². The molecule has 0 spiro atoms. The van der Waals surface area contributed by atoms with Crippen LogP contribution in [0.2, 0.25) is 0 Å². The smallest absolute Gasteiger partial charge is 0.234 e. The molecule has 0 amide bonds. The zero-order valence-electron chi connectivity index (χ0n) is 14.7. The van der Waals surface area contributed by atoms with E-state index >= 15 is 0 Å². The largest absolute Gasteiger partial charge is 0.285 e. The number of allylic oxidation sites excluding steroid dienone is 2. The molecule has 0 N–H and O–H groups in total. The van der Waals surface area contributed by atoms with Crippen LogP contribution in [0.4, 0.5) is 0 Å². The third kappa shape index (κ3) is 1.71. The molecule has 2 heteroatoms. The first-order valence-electron chi connectivity index (χ1n) is 8.75. The van der Waals surface area contributed by atoms with Crippen LogP contribution in [-0.2, 0) is 4.79 Å². The monoisotopic (exact) mass is 318 g/mol. The molecule has 24 heavy (non-hydrogen) atoms. The second-order valence-electron chi connectivity index (χ2n) is 7.55. The van der Waals surface area contributed by atoms with Gasteiger partial charge in [-0.1, -0.05) is 51.1 Å². The van der Waals surface area contributed by atoms with Crippen molar-refractivity contribution in [1.29, 1.82) is 0 Å². The van der Waals surface area contributed by atoms with Gasteiger partial charge < -0.3 is 0 Å². The van der Waals surface area contributed by atoms with Gasteiger partial charge >= 0.3 is 0 Å². The minimum atomic E-state index is -0.322. The lowest BCUT2D eigenvalue weighted by Gasteiger charge is -2.31. The molecular formula is C22H22O2. The van der Waals surface area contributed by atoms with E-state index in [1.54, 1.807) is 0 Å². The molecule has 2 nitrogen and oxygen atoms in total. The van der Waals surface area contributed by atoms with Crippen molar-refractivity contribution in [1.82, 2.24) is 0 Å². The number of Topliss-reactive ketones (excluding diaryl/α,β-unsaturated/α-hetero) is 2. The number of carbonyl (C=O) groups is 2. The van der Waals surface area contributed by atoms with E-state index in [0.717, 1.165) is 45.9 Å². The van der Waals surface area contributed by atoms with Crippen molar-refractivity contribution < 1.29 is 9.59 Å². The molecule has 0 bridgehead atoms. The van der Waals surface area contributed by atoms with E-state index in [9.17, 15) is 9.59 Å². The summed E-state index contributed by atoms with van der Waals surface area (Å²) >= 11 is 0. The van der Waals surface area contributed by atoms with Crippen LogP contribution in [0.1, 0.15) is 55.1 Å². The van der Waals surface area contributed by atoms with Crippen molar-refractivity contribution in [3.05, 3.63) is 52.6 Å². The Hall–Kier alpha value is -2.22. The summed E-state index contributed by atoms with van der Waals surface area (Å²) in [5.41, 5.74) is 4.36. The Balaban J connectivity index is 2.11. The van der Waals surface area contributed by atoms with Gasteiger partial charge in [0.25, 0.3) is 0 Å². The van der Waals surface area contributed by atoms with Crippen molar-refractivity contribution in [3.8, 4) is 0 Å². The van der Waals surface area contributed by atoms with E-state index in [1.807, 2.05) is 31.2 Å². The summed E-state index contributed by atoms with van der Waals surface area (Å²) < 4.78 is 0. The van der Waals surface area contributed by atoms with Crippen LogP contribution < -0.4 is 0 Å². The van der Waals surface area contributed by atoms with Crippen LogP contribution in [0.3, 0.4) is 0 Å². The highest BCUT2D eigenvalue weighted by Gasteiger charge is 2.49. The van der Waals surface area contributed by atoms with E-state index in [1.165, 1.54) is 0 Å². The maximum atomic E-state index is 13.1. The number of ketones is 2. The van der Waals surface area contributed by atoms with Crippen molar-refractivity contribution in [3.63, 3.8) is 0 Å². The van der Waals surface area contributed by atoms with Crippen LogP contribution in [0.25, 0.3) is 16.3 Å². The zero-order chi connectivity index (χ0) is 17.2. The second kappa shape index (κ2) is 4.89. The Morgan fingerprint density at radius 1 is 1.12 bits per heavy atom. The first kappa shape index (κ1) is 15.3. The molecule has 0 aromatic heterocycles. The third-order valence-electron chi connectivity index (χ3n) is 6.44. The second-order valence-corrected chi connectivity index (χ2v) is 7.55. The van der Waals surface area contributed by atoms with Crippen LogP contribution in [-0.4, -0.2) is 11.6 Å². The molecule has 2 aromatic carbocycles. The SMILES string of the molecule is CCC1(C)C2=C(CC1C)c1ccc3cccc(C)c3c1C(=O)C2=O. The minimum absolute atomic E-state index is 0.194. The number of hydrogen-bond donors (Lipinski definition) is 0. The first-order chi connectivity index (χ1) is 11.4. The van der Waals surface area contributed by atoms with Crippen LogP contribution in [0.5, 0.6) is 0 Å². The molecule has 0 aliphatic heterocycles. The predicted molar refractivity (Wildman–Crippen MR) is 97.1 cm³/mol. The topological polar surface area (TPSA) is 34.1 Å². The highest BCUT2D eigenvalue weighted by atomic mass is 16.2. The summed E-state index contributed by atoms with van der Waals surface area (Å²) in [6, 6.07) is 10.1. The zero-order valence-corrected chi connectivity index (χ0v) is 14.7. The van der Waals surface area contributed by atoms with E-state index < -0.39 is 0 Å².